The summed E-state index contributed by atoms with van der Waals surface area (Å²) in [5.41, 5.74) is 6.01. The summed E-state index contributed by atoms with van der Waals surface area (Å²) in [5, 5.41) is 8.40. The maximum atomic E-state index is 11.7. The summed E-state index contributed by atoms with van der Waals surface area (Å²) < 4.78 is 30.9. The Labute approximate surface area is 176 Å². The van der Waals surface area contributed by atoms with Crippen LogP contribution in [0.15, 0.2) is 65.8 Å². The fourth-order valence-corrected chi connectivity index (χ4v) is 4.27. The minimum Gasteiger partial charge on any atom is -0.496 e. The van der Waals surface area contributed by atoms with E-state index in [1.165, 1.54) is 17.4 Å². The number of benzene rings is 2. The van der Waals surface area contributed by atoms with Gasteiger partial charge in [-0.15, -0.1) is 10.2 Å². The molecule has 2 aromatic carbocycles. The molecular weight excluding hydrogens is 398 g/mol. The molecule has 0 amide bonds. The van der Waals surface area contributed by atoms with Gasteiger partial charge in [0.1, 0.15) is 12.1 Å². The molecule has 2 heterocycles. The van der Waals surface area contributed by atoms with Gasteiger partial charge in [-0.1, -0.05) is 29.8 Å². The van der Waals surface area contributed by atoms with E-state index in [1.807, 2.05) is 22.6 Å². The first-order valence-electron chi connectivity index (χ1n) is 9.62. The number of methoxy groups -OCH3 is 1. The number of nitrogens with zero attached hydrogens (tertiary/aromatic N) is 3. The smallest absolute Gasteiger partial charge is 0.175 e. The molecule has 0 atom stereocenters. The van der Waals surface area contributed by atoms with Gasteiger partial charge in [0.15, 0.2) is 15.5 Å². The van der Waals surface area contributed by atoms with E-state index < -0.39 is 9.84 Å². The molecular formula is C23H23N3O3S. The molecule has 0 N–H and O–H groups in total. The van der Waals surface area contributed by atoms with Crippen LogP contribution in [0.2, 0.25) is 0 Å². The number of aryl methyl sites for hydroxylation is 3. The predicted octanol–water partition coefficient (Wildman–Crippen LogP) is 3.90. The fourth-order valence-electron chi connectivity index (χ4n) is 3.64. The second kappa shape index (κ2) is 7.91. The van der Waals surface area contributed by atoms with Crippen LogP contribution in [-0.2, 0) is 22.7 Å². The van der Waals surface area contributed by atoms with E-state index in [-0.39, 0.29) is 0 Å². The molecule has 4 aromatic rings. The number of ether oxygens (including phenoxy) is 1. The molecule has 0 aliphatic rings. The lowest BCUT2D eigenvalue weighted by Gasteiger charge is -2.12. The molecule has 0 saturated heterocycles. The van der Waals surface area contributed by atoms with Gasteiger partial charge >= 0.3 is 0 Å². The number of rotatable bonds is 6. The predicted molar refractivity (Wildman–Crippen MR) is 117 cm³/mol. The van der Waals surface area contributed by atoms with E-state index in [4.69, 9.17) is 4.74 Å². The number of sulfone groups is 1. The van der Waals surface area contributed by atoms with E-state index >= 15 is 0 Å². The van der Waals surface area contributed by atoms with Crippen LogP contribution in [0.5, 0.6) is 5.75 Å². The maximum Gasteiger partial charge on any atom is 0.175 e. The number of fused-ring (bicyclic) bond motifs is 1. The second-order valence-electron chi connectivity index (χ2n) is 7.37. The minimum absolute atomic E-state index is 0.299. The van der Waals surface area contributed by atoms with Crippen LogP contribution in [0.1, 0.15) is 16.8 Å². The van der Waals surface area contributed by atoms with E-state index in [2.05, 4.69) is 29.3 Å². The molecule has 0 aliphatic heterocycles. The zero-order valence-electron chi connectivity index (χ0n) is 17.2. The molecule has 0 saturated carbocycles. The van der Waals surface area contributed by atoms with Crippen molar-refractivity contribution in [1.82, 2.24) is 14.6 Å². The van der Waals surface area contributed by atoms with Gasteiger partial charge in [0.05, 0.1) is 12.0 Å². The SMILES string of the molecule is COc1ccc(C)cc1CCc1ccc(-c2ccc(S(C)(=O)=O)cc2)c2nncn12. The van der Waals surface area contributed by atoms with Crippen molar-refractivity contribution in [2.24, 2.45) is 0 Å². The van der Waals surface area contributed by atoms with Crippen LogP contribution in [0, 0.1) is 6.92 Å². The lowest BCUT2D eigenvalue weighted by Crippen LogP contribution is -2.02. The van der Waals surface area contributed by atoms with Gasteiger partial charge < -0.3 is 4.74 Å². The summed E-state index contributed by atoms with van der Waals surface area (Å²) in [4.78, 5) is 0.299. The van der Waals surface area contributed by atoms with Crippen molar-refractivity contribution in [3.05, 3.63) is 77.7 Å². The normalized spacial score (nSPS) is 11.7. The molecule has 30 heavy (non-hydrogen) atoms. The van der Waals surface area contributed by atoms with Crippen LogP contribution >= 0.6 is 0 Å². The molecule has 154 valence electrons. The highest BCUT2D eigenvalue weighted by molar-refractivity contribution is 7.90. The standard InChI is InChI=1S/C23H23N3O3S/c1-16-4-13-22(29-2)18(14-16)5-8-19-9-12-21(23-25-24-15-26(19)23)17-6-10-20(11-7-17)30(3,27)28/h4,6-7,9-15H,5,8H2,1-3H3. The lowest BCUT2D eigenvalue weighted by atomic mass is 10.0. The summed E-state index contributed by atoms with van der Waals surface area (Å²) in [6.45, 7) is 2.07. The third kappa shape index (κ3) is 3.93. The Kier molecular flexibility index (Phi) is 5.30. The van der Waals surface area contributed by atoms with Gasteiger partial charge in [0, 0.05) is 17.5 Å². The second-order valence-corrected chi connectivity index (χ2v) is 9.39. The molecule has 2 aromatic heterocycles. The van der Waals surface area contributed by atoms with Crippen LogP contribution in [0.25, 0.3) is 16.8 Å². The lowest BCUT2D eigenvalue weighted by molar-refractivity contribution is 0.409. The average molecular weight is 422 g/mol. The monoisotopic (exact) mass is 421 g/mol. The number of pyridine rings is 1. The van der Waals surface area contributed by atoms with E-state index in [9.17, 15) is 8.42 Å². The quantitative estimate of drug-likeness (QED) is 0.472. The van der Waals surface area contributed by atoms with Gasteiger partial charge in [0.2, 0.25) is 0 Å². The van der Waals surface area contributed by atoms with Crippen LogP contribution in [0.4, 0.5) is 0 Å². The Balaban J connectivity index is 1.66. The van der Waals surface area contributed by atoms with Gasteiger partial charge in [-0.25, -0.2) is 8.42 Å². The van der Waals surface area contributed by atoms with E-state index in [0.29, 0.717) is 4.90 Å². The van der Waals surface area contributed by atoms with Crippen LogP contribution in [-0.4, -0.2) is 36.4 Å². The van der Waals surface area contributed by atoms with Crippen molar-refractivity contribution in [2.45, 2.75) is 24.7 Å². The molecule has 0 bridgehead atoms. The Morgan fingerprint density at radius 3 is 2.47 bits per heavy atom. The molecule has 0 fully saturated rings. The third-order valence-electron chi connectivity index (χ3n) is 5.22. The summed E-state index contributed by atoms with van der Waals surface area (Å²) in [5.74, 6) is 0.892. The minimum atomic E-state index is -3.23. The Bertz CT molecular complexity index is 1310. The summed E-state index contributed by atoms with van der Waals surface area (Å²) >= 11 is 0. The highest BCUT2D eigenvalue weighted by Gasteiger charge is 2.13. The summed E-state index contributed by atoms with van der Waals surface area (Å²) in [6.07, 6.45) is 4.56. The van der Waals surface area contributed by atoms with Crippen molar-refractivity contribution >= 4 is 15.5 Å². The van der Waals surface area contributed by atoms with E-state index in [1.54, 1.807) is 37.7 Å². The molecule has 0 spiro atoms. The molecule has 0 unspecified atom stereocenters. The Morgan fingerprint density at radius 2 is 1.77 bits per heavy atom. The Hall–Kier alpha value is -3.19. The Morgan fingerprint density at radius 1 is 1.00 bits per heavy atom. The van der Waals surface area contributed by atoms with Crippen molar-refractivity contribution in [2.75, 3.05) is 13.4 Å². The first kappa shape index (κ1) is 20.1. The first-order valence-corrected chi connectivity index (χ1v) is 11.5. The van der Waals surface area contributed by atoms with Gasteiger partial charge in [-0.3, -0.25) is 4.40 Å². The van der Waals surface area contributed by atoms with Crippen molar-refractivity contribution in [3.8, 4) is 16.9 Å². The number of hydrogen-bond donors (Lipinski definition) is 0. The van der Waals surface area contributed by atoms with Gasteiger partial charge in [0.25, 0.3) is 0 Å². The highest BCUT2D eigenvalue weighted by Crippen LogP contribution is 2.27. The zero-order valence-corrected chi connectivity index (χ0v) is 18.0. The van der Waals surface area contributed by atoms with Crippen LogP contribution < -0.4 is 4.74 Å². The average Bonchev–Trinajstić information content (AvgIpc) is 3.22. The van der Waals surface area contributed by atoms with Crippen molar-refractivity contribution in [1.29, 1.82) is 0 Å². The summed E-state index contributed by atoms with van der Waals surface area (Å²) in [7, 11) is -1.54. The summed E-state index contributed by atoms with van der Waals surface area (Å²) in [6, 6.07) is 17.1. The zero-order chi connectivity index (χ0) is 21.3. The van der Waals surface area contributed by atoms with E-state index in [0.717, 1.165) is 41.1 Å². The van der Waals surface area contributed by atoms with Crippen molar-refractivity contribution in [3.63, 3.8) is 0 Å². The van der Waals surface area contributed by atoms with Crippen molar-refractivity contribution < 1.29 is 13.2 Å². The van der Waals surface area contributed by atoms with Crippen LogP contribution in [0.3, 0.4) is 0 Å². The maximum absolute atomic E-state index is 11.7. The molecule has 0 radical (unpaired) electrons. The molecule has 4 rings (SSSR count). The van der Waals surface area contributed by atoms with Gasteiger partial charge in [-0.05, 0) is 61.2 Å². The topological polar surface area (TPSA) is 73.6 Å². The largest absolute Gasteiger partial charge is 0.496 e. The molecule has 7 heteroatoms. The first-order chi connectivity index (χ1) is 14.4. The molecule has 6 nitrogen and oxygen atoms in total. The third-order valence-corrected chi connectivity index (χ3v) is 6.35. The molecule has 0 aliphatic carbocycles. The number of hydrogen-bond acceptors (Lipinski definition) is 5. The van der Waals surface area contributed by atoms with Gasteiger partial charge in [-0.2, -0.15) is 0 Å². The fraction of sp³-hybridized carbons (Fsp3) is 0.217. The highest BCUT2D eigenvalue weighted by atomic mass is 32.2. The number of aromatic nitrogens is 3.